The molecule has 2 aromatic carbocycles. The molecule has 2 N–H and O–H groups in total. The van der Waals surface area contributed by atoms with Crippen LogP contribution in [0.3, 0.4) is 0 Å². The Hall–Kier alpha value is -2.00. The molecule has 0 heterocycles. The Morgan fingerprint density at radius 1 is 1.05 bits per heavy atom. The van der Waals surface area contributed by atoms with Crippen molar-refractivity contribution in [2.24, 2.45) is 5.73 Å². The van der Waals surface area contributed by atoms with Crippen LogP contribution in [0, 0.1) is 5.82 Å². The molecule has 0 saturated carbocycles. The van der Waals surface area contributed by atoms with Crippen molar-refractivity contribution in [2.45, 2.75) is 18.9 Å². The van der Waals surface area contributed by atoms with Crippen LogP contribution in [0.2, 0.25) is 0 Å². The van der Waals surface area contributed by atoms with Crippen LogP contribution in [0.4, 0.5) is 4.39 Å². The second-order valence-electron chi connectivity index (χ2n) is 4.49. The lowest BCUT2D eigenvalue weighted by molar-refractivity contribution is 0.0977. The van der Waals surface area contributed by atoms with Crippen molar-refractivity contribution in [3.05, 3.63) is 71.5 Å². The Morgan fingerprint density at radius 2 is 1.68 bits per heavy atom. The van der Waals surface area contributed by atoms with E-state index < -0.39 is 0 Å². The van der Waals surface area contributed by atoms with Crippen molar-refractivity contribution in [1.82, 2.24) is 0 Å². The average Bonchev–Trinajstić information content (AvgIpc) is 2.46. The third kappa shape index (κ3) is 3.73. The highest BCUT2D eigenvalue weighted by Crippen LogP contribution is 2.17. The summed E-state index contributed by atoms with van der Waals surface area (Å²) in [6.45, 7) is 0. The van der Waals surface area contributed by atoms with E-state index in [1.54, 1.807) is 0 Å². The Bertz CT molecular complexity index is 536. The molecule has 2 rings (SSSR count). The van der Waals surface area contributed by atoms with Gasteiger partial charge in [-0.25, -0.2) is 4.39 Å². The molecule has 2 nitrogen and oxygen atoms in total. The van der Waals surface area contributed by atoms with Gasteiger partial charge in [0.25, 0.3) is 0 Å². The first-order valence-corrected chi connectivity index (χ1v) is 6.26. The Kier molecular flexibility index (Phi) is 4.42. The number of hydrogen-bond donors (Lipinski definition) is 1. The summed E-state index contributed by atoms with van der Waals surface area (Å²) in [5, 5.41) is 0. The third-order valence-electron chi connectivity index (χ3n) is 3.08. The molecule has 0 spiro atoms. The van der Waals surface area contributed by atoms with Crippen LogP contribution in [0.1, 0.15) is 34.8 Å². The minimum Gasteiger partial charge on any atom is -0.324 e. The first kappa shape index (κ1) is 13.4. The lowest BCUT2D eigenvalue weighted by Crippen LogP contribution is -2.12. The zero-order valence-electron chi connectivity index (χ0n) is 10.6. The van der Waals surface area contributed by atoms with E-state index in [4.69, 9.17) is 5.73 Å². The zero-order valence-corrected chi connectivity index (χ0v) is 10.6. The molecule has 1 atom stereocenters. The van der Waals surface area contributed by atoms with Crippen molar-refractivity contribution in [3.8, 4) is 0 Å². The van der Waals surface area contributed by atoms with Gasteiger partial charge in [0.15, 0.2) is 5.78 Å². The SMILES string of the molecule is NC(CCC(=O)c1ccc(F)cc1)c1ccccc1. The van der Waals surface area contributed by atoms with Gasteiger partial charge in [0.05, 0.1) is 0 Å². The smallest absolute Gasteiger partial charge is 0.162 e. The van der Waals surface area contributed by atoms with Gasteiger partial charge >= 0.3 is 0 Å². The number of hydrogen-bond acceptors (Lipinski definition) is 2. The maximum atomic E-state index is 12.8. The van der Waals surface area contributed by atoms with Gasteiger partial charge in [0, 0.05) is 18.0 Å². The Labute approximate surface area is 112 Å². The number of ketones is 1. The summed E-state index contributed by atoms with van der Waals surface area (Å²) in [6, 6.07) is 15.1. The normalized spacial score (nSPS) is 12.1. The lowest BCUT2D eigenvalue weighted by Gasteiger charge is -2.11. The van der Waals surface area contributed by atoms with Crippen molar-refractivity contribution in [3.63, 3.8) is 0 Å². The molecule has 0 radical (unpaired) electrons. The van der Waals surface area contributed by atoms with Crippen LogP contribution in [0.15, 0.2) is 54.6 Å². The lowest BCUT2D eigenvalue weighted by atomic mass is 9.99. The van der Waals surface area contributed by atoms with Crippen LogP contribution < -0.4 is 5.73 Å². The summed E-state index contributed by atoms with van der Waals surface area (Å²) in [5.41, 5.74) is 7.59. The summed E-state index contributed by atoms with van der Waals surface area (Å²) in [6.07, 6.45) is 0.946. The van der Waals surface area contributed by atoms with Gasteiger partial charge in [-0.05, 0) is 36.2 Å². The molecule has 1 unspecified atom stereocenters. The number of benzene rings is 2. The van der Waals surface area contributed by atoms with Gasteiger partial charge in [-0.1, -0.05) is 30.3 Å². The Morgan fingerprint density at radius 3 is 2.32 bits per heavy atom. The minimum atomic E-state index is -0.336. The fraction of sp³-hybridized carbons (Fsp3) is 0.188. The van der Waals surface area contributed by atoms with Gasteiger partial charge < -0.3 is 5.73 Å². The topological polar surface area (TPSA) is 43.1 Å². The summed E-state index contributed by atoms with van der Waals surface area (Å²) in [5.74, 6) is -0.344. The molecule has 0 aliphatic heterocycles. The van der Waals surface area contributed by atoms with Crippen LogP contribution in [0.5, 0.6) is 0 Å². The predicted molar refractivity (Wildman–Crippen MR) is 73.3 cm³/mol. The van der Waals surface area contributed by atoms with E-state index in [0.717, 1.165) is 5.56 Å². The number of Topliss-reactive ketones (excluding diaryl/α,β-unsaturated/α-hetero) is 1. The molecule has 0 aromatic heterocycles. The van der Waals surface area contributed by atoms with Gasteiger partial charge in [0.2, 0.25) is 0 Å². The third-order valence-corrected chi connectivity index (χ3v) is 3.08. The van der Waals surface area contributed by atoms with E-state index >= 15 is 0 Å². The van der Waals surface area contributed by atoms with Crippen LogP contribution in [-0.2, 0) is 0 Å². The van der Waals surface area contributed by atoms with Crippen molar-refractivity contribution >= 4 is 5.78 Å². The van der Waals surface area contributed by atoms with Crippen LogP contribution in [-0.4, -0.2) is 5.78 Å². The van der Waals surface area contributed by atoms with Gasteiger partial charge in [-0.3, -0.25) is 4.79 Å². The standard InChI is InChI=1S/C16H16FNO/c17-14-8-6-13(7-9-14)16(19)11-10-15(18)12-4-2-1-3-5-12/h1-9,15H,10-11,18H2. The molecular weight excluding hydrogens is 241 g/mol. The molecule has 3 heteroatoms. The second-order valence-corrected chi connectivity index (χ2v) is 4.49. The number of halogens is 1. The number of nitrogens with two attached hydrogens (primary N) is 1. The maximum Gasteiger partial charge on any atom is 0.162 e. The fourth-order valence-electron chi connectivity index (χ4n) is 1.93. The minimum absolute atomic E-state index is 0.00798. The molecule has 19 heavy (non-hydrogen) atoms. The van der Waals surface area contributed by atoms with Crippen LogP contribution >= 0.6 is 0 Å². The monoisotopic (exact) mass is 257 g/mol. The van der Waals surface area contributed by atoms with Gasteiger partial charge in [-0.15, -0.1) is 0 Å². The van der Waals surface area contributed by atoms with Crippen molar-refractivity contribution in [2.75, 3.05) is 0 Å². The number of rotatable bonds is 5. The quantitative estimate of drug-likeness (QED) is 0.833. The second kappa shape index (κ2) is 6.25. The largest absolute Gasteiger partial charge is 0.324 e. The van der Waals surface area contributed by atoms with E-state index in [0.29, 0.717) is 18.4 Å². The molecule has 0 aliphatic rings. The molecule has 0 bridgehead atoms. The van der Waals surface area contributed by atoms with Crippen molar-refractivity contribution < 1.29 is 9.18 Å². The van der Waals surface area contributed by atoms with E-state index in [9.17, 15) is 9.18 Å². The fourth-order valence-corrected chi connectivity index (χ4v) is 1.93. The molecule has 98 valence electrons. The molecule has 0 saturated heterocycles. The summed E-state index contributed by atoms with van der Waals surface area (Å²) >= 11 is 0. The van der Waals surface area contributed by atoms with Crippen molar-refractivity contribution in [1.29, 1.82) is 0 Å². The van der Waals surface area contributed by atoms with Gasteiger partial charge in [-0.2, -0.15) is 0 Å². The zero-order chi connectivity index (χ0) is 13.7. The number of carbonyl (C=O) groups is 1. The highest BCUT2D eigenvalue weighted by atomic mass is 19.1. The Balaban J connectivity index is 1.92. The average molecular weight is 257 g/mol. The van der Waals surface area contributed by atoms with E-state index in [1.807, 2.05) is 30.3 Å². The first-order valence-electron chi connectivity index (χ1n) is 6.26. The van der Waals surface area contributed by atoms with Crippen LogP contribution in [0.25, 0.3) is 0 Å². The summed E-state index contributed by atoms with van der Waals surface area (Å²) < 4.78 is 12.8. The van der Waals surface area contributed by atoms with E-state index in [1.165, 1.54) is 24.3 Å². The first-order chi connectivity index (χ1) is 9.16. The van der Waals surface area contributed by atoms with E-state index in [-0.39, 0.29) is 17.6 Å². The summed E-state index contributed by atoms with van der Waals surface area (Å²) in [7, 11) is 0. The molecule has 0 fully saturated rings. The molecular formula is C16H16FNO. The van der Waals surface area contributed by atoms with E-state index in [2.05, 4.69) is 0 Å². The van der Waals surface area contributed by atoms with Gasteiger partial charge in [0.1, 0.15) is 5.82 Å². The highest BCUT2D eigenvalue weighted by molar-refractivity contribution is 5.96. The molecule has 2 aromatic rings. The highest BCUT2D eigenvalue weighted by Gasteiger charge is 2.10. The summed E-state index contributed by atoms with van der Waals surface area (Å²) in [4.78, 5) is 11.9. The molecule has 0 aliphatic carbocycles. The number of carbonyl (C=O) groups excluding carboxylic acids is 1. The molecule has 0 amide bonds. The maximum absolute atomic E-state index is 12.8. The predicted octanol–water partition coefficient (Wildman–Crippen LogP) is 3.49.